The minimum Gasteiger partial charge on any atom is -0.373 e. The van der Waals surface area contributed by atoms with Crippen LogP contribution in [0.15, 0.2) is 0 Å². The molecule has 1 spiro atoms. The Morgan fingerprint density at radius 1 is 1.25 bits per heavy atom. The van der Waals surface area contributed by atoms with Crippen molar-refractivity contribution in [1.29, 1.82) is 0 Å². The summed E-state index contributed by atoms with van der Waals surface area (Å²) in [5, 5.41) is 0. The van der Waals surface area contributed by atoms with Gasteiger partial charge in [-0.05, 0) is 45.2 Å². The molecule has 3 fully saturated rings. The van der Waals surface area contributed by atoms with Gasteiger partial charge in [-0.2, -0.15) is 0 Å². The molecule has 24 heavy (non-hydrogen) atoms. The molecule has 0 aromatic heterocycles. The van der Waals surface area contributed by atoms with Crippen LogP contribution < -0.4 is 0 Å². The quantitative estimate of drug-likeness (QED) is 0.746. The first-order chi connectivity index (χ1) is 11.7. The van der Waals surface area contributed by atoms with E-state index in [1.165, 1.54) is 12.8 Å². The molecule has 2 atom stereocenters. The number of carbonyl (C=O) groups excluding carboxylic acids is 1. The molecule has 1 aliphatic carbocycles. The molecule has 5 heteroatoms. The maximum absolute atomic E-state index is 12.5. The molecule has 1 saturated carbocycles. The van der Waals surface area contributed by atoms with Gasteiger partial charge in [0.2, 0.25) is 5.91 Å². The number of ether oxygens (including phenoxy) is 2. The van der Waals surface area contributed by atoms with Gasteiger partial charge >= 0.3 is 0 Å². The van der Waals surface area contributed by atoms with Crippen molar-refractivity contribution in [3.05, 3.63) is 0 Å². The van der Waals surface area contributed by atoms with Crippen molar-refractivity contribution in [2.75, 3.05) is 39.4 Å². The van der Waals surface area contributed by atoms with Crippen molar-refractivity contribution in [3.63, 3.8) is 0 Å². The Balaban J connectivity index is 1.50. The Morgan fingerprint density at radius 2 is 2.00 bits per heavy atom. The average molecular weight is 338 g/mol. The highest BCUT2D eigenvalue weighted by Crippen LogP contribution is 2.36. The molecule has 3 rings (SSSR count). The normalized spacial score (nSPS) is 31.5. The van der Waals surface area contributed by atoms with E-state index < -0.39 is 0 Å². The lowest BCUT2D eigenvalue weighted by molar-refractivity contribution is -0.140. The lowest BCUT2D eigenvalue weighted by Crippen LogP contribution is -2.50. The van der Waals surface area contributed by atoms with Crippen LogP contribution in [0.3, 0.4) is 0 Å². The van der Waals surface area contributed by atoms with Crippen molar-refractivity contribution in [2.45, 2.75) is 76.5 Å². The summed E-state index contributed by atoms with van der Waals surface area (Å²) in [6.45, 7) is 9.29. The Bertz CT molecular complexity index is 421. The van der Waals surface area contributed by atoms with E-state index in [1.54, 1.807) is 0 Å². The van der Waals surface area contributed by atoms with E-state index in [0.717, 1.165) is 64.9 Å². The standard InChI is InChI=1S/C19H34N2O3/c1-3-20(4-2)16-9-12-24-19(13-16)10-11-21(15-19)18(22)14-23-17-7-5-6-8-17/h16-17H,3-15H2,1-2H3/t16-,19-/m1/s1. The second kappa shape index (κ2) is 8.15. The van der Waals surface area contributed by atoms with E-state index in [2.05, 4.69) is 18.7 Å². The molecule has 0 radical (unpaired) electrons. The number of hydrogen-bond donors (Lipinski definition) is 0. The van der Waals surface area contributed by atoms with E-state index in [-0.39, 0.29) is 18.1 Å². The predicted molar refractivity (Wildman–Crippen MR) is 94.0 cm³/mol. The lowest BCUT2D eigenvalue weighted by Gasteiger charge is -2.42. The molecule has 2 saturated heterocycles. The molecule has 1 amide bonds. The number of nitrogens with zero attached hydrogens (tertiary/aromatic N) is 2. The van der Waals surface area contributed by atoms with Gasteiger partial charge in [-0.25, -0.2) is 0 Å². The van der Waals surface area contributed by atoms with Gasteiger partial charge in [-0.3, -0.25) is 4.79 Å². The van der Waals surface area contributed by atoms with Crippen LogP contribution in [0.2, 0.25) is 0 Å². The van der Waals surface area contributed by atoms with Gasteiger partial charge in [0.1, 0.15) is 6.61 Å². The molecule has 0 N–H and O–H groups in total. The van der Waals surface area contributed by atoms with Gasteiger partial charge in [0.25, 0.3) is 0 Å². The number of carbonyl (C=O) groups is 1. The summed E-state index contributed by atoms with van der Waals surface area (Å²) in [7, 11) is 0. The molecule has 0 unspecified atom stereocenters. The van der Waals surface area contributed by atoms with Crippen LogP contribution in [0.4, 0.5) is 0 Å². The molecule has 2 aliphatic heterocycles. The van der Waals surface area contributed by atoms with Crippen LogP contribution in [0, 0.1) is 0 Å². The van der Waals surface area contributed by atoms with Gasteiger partial charge in [-0.1, -0.05) is 26.7 Å². The number of amides is 1. The second-order valence-electron chi connectivity index (χ2n) is 7.68. The zero-order chi connectivity index (χ0) is 17.0. The molecule has 0 bridgehead atoms. The van der Waals surface area contributed by atoms with Crippen LogP contribution >= 0.6 is 0 Å². The van der Waals surface area contributed by atoms with Crippen LogP contribution in [0.5, 0.6) is 0 Å². The van der Waals surface area contributed by atoms with Crippen LogP contribution in [0.25, 0.3) is 0 Å². The van der Waals surface area contributed by atoms with Crippen molar-refractivity contribution >= 4 is 5.91 Å². The Kier molecular flexibility index (Phi) is 6.17. The van der Waals surface area contributed by atoms with Crippen LogP contribution in [-0.4, -0.2) is 72.8 Å². The summed E-state index contributed by atoms with van der Waals surface area (Å²) < 4.78 is 12.0. The van der Waals surface area contributed by atoms with Crippen molar-refractivity contribution in [3.8, 4) is 0 Å². The highest BCUT2D eigenvalue weighted by atomic mass is 16.5. The number of hydrogen-bond acceptors (Lipinski definition) is 4. The molecular weight excluding hydrogens is 304 g/mol. The maximum atomic E-state index is 12.5. The third-order valence-corrected chi connectivity index (χ3v) is 6.21. The van der Waals surface area contributed by atoms with E-state index >= 15 is 0 Å². The lowest BCUT2D eigenvalue weighted by atomic mass is 9.88. The summed E-state index contributed by atoms with van der Waals surface area (Å²) in [4.78, 5) is 17.0. The van der Waals surface area contributed by atoms with Gasteiger partial charge in [-0.15, -0.1) is 0 Å². The molecule has 2 heterocycles. The Labute approximate surface area is 146 Å². The summed E-state index contributed by atoms with van der Waals surface area (Å²) in [5.74, 6) is 0.146. The minimum absolute atomic E-state index is 0.117. The third kappa shape index (κ3) is 4.12. The zero-order valence-corrected chi connectivity index (χ0v) is 15.5. The summed E-state index contributed by atoms with van der Waals surface area (Å²) in [5.41, 5.74) is -0.117. The fraction of sp³-hybridized carbons (Fsp3) is 0.947. The van der Waals surface area contributed by atoms with E-state index in [9.17, 15) is 4.79 Å². The van der Waals surface area contributed by atoms with E-state index in [0.29, 0.717) is 12.1 Å². The predicted octanol–water partition coefficient (Wildman–Crippen LogP) is 2.44. The van der Waals surface area contributed by atoms with Gasteiger partial charge in [0.05, 0.1) is 11.7 Å². The third-order valence-electron chi connectivity index (χ3n) is 6.21. The summed E-state index contributed by atoms with van der Waals surface area (Å²) in [6, 6.07) is 0.596. The zero-order valence-electron chi connectivity index (χ0n) is 15.5. The second-order valence-corrected chi connectivity index (χ2v) is 7.68. The SMILES string of the molecule is CCN(CC)[C@@H]1CCO[C@]2(CCN(C(=O)COC3CCCC3)C2)C1. The van der Waals surface area contributed by atoms with Crippen LogP contribution in [0.1, 0.15) is 58.8 Å². The fourth-order valence-electron chi connectivity index (χ4n) is 4.73. The largest absolute Gasteiger partial charge is 0.373 e. The molecule has 138 valence electrons. The highest BCUT2D eigenvalue weighted by molar-refractivity contribution is 5.78. The van der Waals surface area contributed by atoms with Gasteiger partial charge < -0.3 is 19.3 Å². The van der Waals surface area contributed by atoms with Crippen molar-refractivity contribution < 1.29 is 14.3 Å². The number of likely N-dealkylation sites (tertiary alicyclic amines) is 1. The Hall–Kier alpha value is -0.650. The maximum Gasteiger partial charge on any atom is 0.248 e. The summed E-state index contributed by atoms with van der Waals surface area (Å²) in [6.07, 6.45) is 8.17. The monoisotopic (exact) mass is 338 g/mol. The smallest absolute Gasteiger partial charge is 0.248 e. The van der Waals surface area contributed by atoms with Gasteiger partial charge in [0.15, 0.2) is 0 Å². The fourth-order valence-corrected chi connectivity index (χ4v) is 4.73. The topological polar surface area (TPSA) is 42.0 Å². The molecule has 3 aliphatic rings. The first-order valence-electron chi connectivity index (χ1n) is 9.93. The molecule has 0 aromatic carbocycles. The minimum atomic E-state index is -0.117. The first-order valence-corrected chi connectivity index (χ1v) is 9.93. The highest BCUT2D eigenvalue weighted by Gasteiger charge is 2.45. The van der Waals surface area contributed by atoms with E-state index in [4.69, 9.17) is 9.47 Å². The average Bonchev–Trinajstić information content (AvgIpc) is 3.24. The molecule has 5 nitrogen and oxygen atoms in total. The molecule has 0 aromatic rings. The summed E-state index contributed by atoms with van der Waals surface area (Å²) >= 11 is 0. The van der Waals surface area contributed by atoms with E-state index in [1.807, 2.05) is 4.90 Å². The number of rotatable bonds is 6. The van der Waals surface area contributed by atoms with Gasteiger partial charge in [0, 0.05) is 25.7 Å². The van der Waals surface area contributed by atoms with Crippen LogP contribution in [-0.2, 0) is 14.3 Å². The molecular formula is C19H34N2O3. The van der Waals surface area contributed by atoms with Crippen molar-refractivity contribution in [1.82, 2.24) is 9.80 Å². The Morgan fingerprint density at radius 3 is 2.71 bits per heavy atom. The first kappa shape index (κ1) is 18.2. The van der Waals surface area contributed by atoms with Crippen molar-refractivity contribution in [2.24, 2.45) is 0 Å².